The number of nitrogens with zero attached hydrogens (tertiary/aromatic N) is 3. The van der Waals surface area contributed by atoms with E-state index >= 15 is 0 Å². The lowest BCUT2D eigenvalue weighted by atomic mass is 10.1. The molecule has 2 heterocycles. The molecule has 1 atom stereocenters. The predicted molar refractivity (Wildman–Crippen MR) is 110 cm³/mol. The summed E-state index contributed by atoms with van der Waals surface area (Å²) in [4.78, 5) is 31.8. The zero-order chi connectivity index (χ0) is 19.8. The van der Waals surface area contributed by atoms with Crippen molar-refractivity contribution in [1.29, 1.82) is 0 Å². The fourth-order valence-electron chi connectivity index (χ4n) is 3.85. The summed E-state index contributed by atoms with van der Waals surface area (Å²) in [6.45, 7) is 7.15. The monoisotopic (exact) mass is 376 g/mol. The Labute approximate surface area is 164 Å². The molecule has 0 bridgehead atoms. The van der Waals surface area contributed by atoms with Crippen molar-refractivity contribution in [2.75, 3.05) is 16.8 Å². The van der Waals surface area contributed by atoms with Crippen molar-refractivity contribution in [1.82, 2.24) is 9.55 Å². The minimum Gasteiger partial charge on any atom is -0.311 e. The molecule has 1 fully saturated rings. The van der Waals surface area contributed by atoms with Gasteiger partial charge in [-0.2, -0.15) is 0 Å². The largest absolute Gasteiger partial charge is 0.311 e. The number of anilines is 2. The molecule has 1 unspecified atom stereocenters. The van der Waals surface area contributed by atoms with Crippen molar-refractivity contribution in [3.05, 3.63) is 53.6 Å². The van der Waals surface area contributed by atoms with E-state index in [4.69, 9.17) is 0 Å². The third-order valence-electron chi connectivity index (χ3n) is 5.57. The quantitative estimate of drug-likeness (QED) is 0.756. The highest BCUT2D eigenvalue weighted by atomic mass is 16.2. The SMILES string of the molecule is CCn1c(NC(=O)C2CC(=O)N(c3cccc(C)c3C)C2)nc2ccccc21. The molecule has 2 amide bonds. The number of aryl methyl sites for hydroxylation is 2. The van der Waals surface area contributed by atoms with Crippen molar-refractivity contribution in [2.45, 2.75) is 33.7 Å². The van der Waals surface area contributed by atoms with Crippen LogP contribution in [0.4, 0.5) is 11.6 Å². The number of rotatable bonds is 4. The zero-order valence-corrected chi connectivity index (χ0v) is 16.4. The first-order valence-corrected chi connectivity index (χ1v) is 9.62. The third kappa shape index (κ3) is 3.05. The van der Waals surface area contributed by atoms with Crippen LogP contribution in [0.15, 0.2) is 42.5 Å². The Bertz CT molecular complexity index is 1070. The van der Waals surface area contributed by atoms with Crippen molar-refractivity contribution in [3.8, 4) is 0 Å². The number of carbonyl (C=O) groups is 2. The van der Waals surface area contributed by atoms with Crippen LogP contribution < -0.4 is 10.2 Å². The first kappa shape index (κ1) is 18.2. The van der Waals surface area contributed by atoms with Crippen LogP contribution in [-0.4, -0.2) is 27.9 Å². The smallest absolute Gasteiger partial charge is 0.232 e. The van der Waals surface area contributed by atoms with Crippen LogP contribution in [0.2, 0.25) is 0 Å². The standard InChI is InChI=1S/C22H24N4O2/c1-4-25-19-10-6-5-9-17(19)23-22(25)24-21(28)16-12-20(27)26(13-16)18-11-7-8-14(2)15(18)3/h5-11,16H,4,12-13H2,1-3H3,(H,23,24,28). The first-order valence-electron chi connectivity index (χ1n) is 9.62. The number of fused-ring (bicyclic) bond motifs is 1. The topological polar surface area (TPSA) is 67.2 Å². The van der Waals surface area contributed by atoms with Gasteiger partial charge in [0.05, 0.1) is 17.0 Å². The maximum Gasteiger partial charge on any atom is 0.232 e. The van der Waals surface area contributed by atoms with Gasteiger partial charge in [0.1, 0.15) is 0 Å². The van der Waals surface area contributed by atoms with E-state index in [1.165, 1.54) is 0 Å². The van der Waals surface area contributed by atoms with E-state index < -0.39 is 5.92 Å². The van der Waals surface area contributed by atoms with E-state index in [9.17, 15) is 9.59 Å². The van der Waals surface area contributed by atoms with E-state index in [1.807, 2.05) is 67.8 Å². The van der Waals surface area contributed by atoms with Gasteiger partial charge in [-0.3, -0.25) is 14.9 Å². The van der Waals surface area contributed by atoms with Crippen LogP contribution in [0.1, 0.15) is 24.5 Å². The third-order valence-corrected chi connectivity index (χ3v) is 5.57. The lowest BCUT2D eigenvalue weighted by Gasteiger charge is -2.20. The number of amides is 2. The second-order valence-electron chi connectivity index (χ2n) is 7.28. The summed E-state index contributed by atoms with van der Waals surface area (Å²) in [5, 5.41) is 2.95. The molecule has 0 radical (unpaired) electrons. The molecule has 6 heteroatoms. The minimum absolute atomic E-state index is 0.0159. The number of nitrogens with one attached hydrogen (secondary N) is 1. The Kier molecular flexibility index (Phi) is 4.63. The van der Waals surface area contributed by atoms with Crippen LogP contribution in [0, 0.1) is 19.8 Å². The number of para-hydroxylation sites is 2. The molecule has 3 aromatic rings. The Morgan fingerprint density at radius 2 is 1.96 bits per heavy atom. The van der Waals surface area contributed by atoms with Gasteiger partial charge in [-0.25, -0.2) is 4.98 Å². The highest BCUT2D eigenvalue weighted by molar-refractivity contribution is 6.03. The lowest BCUT2D eigenvalue weighted by Crippen LogP contribution is -2.29. The summed E-state index contributed by atoms with van der Waals surface area (Å²) >= 11 is 0. The highest BCUT2D eigenvalue weighted by Crippen LogP contribution is 2.30. The summed E-state index contributed by atoms with van der Waals surface area (Å²) < 4.78 is 1.98. The van der Waals surface area contributed by atoms with Crippen LogP contribution in [0.25, 0.3) is 11.0 Å². The van der Waals surface area contributed by atoms with Gasteiger partial charge < -0.3 is 9.47 Å². The molecule has 1 aliphatic rings. The molecule has 1 N–H and O–H groups in total. The molecule has 144 valence electrons. The van der Waals surface area contributed by atoms with E-state index in [0.29, 0.717) is 19.0 Å². The Morgan fingerprint density at radius 1 is 1.18 bits per heavy atom. The molecule has 0 spiro atoms. The maximum absolute atomic E-state index is 12.9. The molecule has 6 nitrogen and oxygen atoms in total. The molecule has 2 aromatic carbocycles. The fourth-order valence-corrected chi connectivity index (χ4v) is 3.85. The molecule has 28 heavy (non-hydrogen) atoms. The van der Waals surface area contributed by atoms with Crippen LogP contribution in [0.5, 0.6) is 0 Å². The number of benzene rings is 2. The second-order valence-corrected chi connectivity index (χ2v) is 7.28. The van der Waals surface area contributed by atoms with Crippen molar-refractivity contribution in [3.63, 3.8) is 0 Å². The first-order chi connectivity index (χ1) is 13.5. The van der Waals surface area contributed by atoms with Crippen molar-refractivity contribution < 1.29 is 9.59 Å². The van der Waals surface area contributed by atoms with Crippen LogP contribution in [-0.2, 0) is 16.1 Å². The van der Waals surface area contributed by atoms with E-state index in [1.54, 1.807) is 4.90 Å². The molecule has 0 aliphatic carbocycles. The normalized spacial score (nSPS) is 16.8. The summed E-state index contributed by atoms with van der Waals surface area (Å²) in [6.07, 6.45) is 0.214. The van der Waals surface area contributed by atoms with Crippen molar-refractivity contribution in [2.24, 2.45) is 5.92 Å². The van der Waals surface area contributed by atoms with Crippen molar-refractivity contribution >= 4 is 34.5 Å². The summed E-state index contributed by atoms with van der Waals surface area (Å²) in [7, 11) is 0. The highest BCUT2D eigenvalue weighted by Gasteiger charge is 2.36. The maximum atomic E-state index is 12.9. The predicted octanol–water partition coefficient (Wildman–Crippen LogP) is 3.66. The minimum atomic E-state index is -0.391. The zero-order valence-electron chi connectivity index (χ0n) is 16.4. The van der Waals surface area contributed by atoms with Gasteiger partial charge in [0, 0.05) is 25.2 Å². The molecule has 0 saturated carbocycles. The van der Waals surface area contributed by atoms with E-state index in [-0.39, 0.29) is 18.2 Å². The average Bonchev–Trinajstić information content (AvgIpc) is 3.24. The Balaban J connectivity index is 1.55. The lowest BCUT2D eigenvalue weighted by molar-refractivity contribution is -0.122. The Morgan fingerprint density at radius 3 is 2.75 bits per heavy atom. The number of hydrogen-bond acceptors (Lipinski definition) is 3. The number of imidazole rings is 1. The van der Waals surface area contributed by atoms with Gasteiger partial charge in [-0.15, -0.1) is 0 Å². The van der Waals surface area contributed by atoms with Gasteiger partial charge in [-0.05, 0) is 50.1 Å². The van der Waals surface area contributed by atoms with E-state index in [2.05, 4.69) is 10.3 Å². The summed E-state index contributed by atoms with van der Waals surface area (Å²) in [5.74, 6) is -0.0344. The van der Waals surface area contributed by atoms with Gasteiger partial charge in [0.15, 0.2) is 0 Å². The fraction of sp³-hybridized carbons (Fsp3) is 0.318. The average molecular weight is 376 g/mol. The molecular weight excluding hydrogens is 352 g/mol. The van der Waals surface area contributed by atoms with Gasteiger partial charge in [-0.1, -0.05) is 24.3 Å². The summed E-state index contributed by atoms with van der Waals surface area (Å²) in [5.41, 5.74) is 4.93. The second kappa shape index (κ2) is 7.11. The molecule has 1 aliphatic heterocycles. The van der Waals surface area contributed by atoms with Gasteiger partial charge in [0.25, 0.3) is 0 Å². The number of aromatic nitrogens is 2. The number of carbonyl (C=O) groups excluding carboxylic acids is 2. The van der Waals surface area contributed by atoms with Gasteiger partial charge in [0.2, 0.25) is 17.8 Å². The van der Waals surface area contributed by atoms with E-state index in [0.717, 1.165) is 27.8 Å². The van der Waals surface area contributed by atoms with Crippen LogP contribution >= 0.6 is 0 Å². The van der Waals surface area contributed by atoms with Crippen LogP contribution in [0.3, 0.4) is 0 Å². The Hall–Kier alpha value is -3.15. The molecule has 1 aromatic heterocycles. The number of hydrogen-bond donors (Lipinski definition) is 1. The molecular formula is C22H24N4O2. The molecule has 1 saturated heterocycles. The molecule has 4 rings (SSSR count). The summed E-state index contributed by atoms with van der Waals surface area (Å²) in [6, 6.07) is 13.7. The van der Waals surface area contributed by atoms with Gasteiger partial charge >= 0.3 is 0 Å².